The highest BCUT2D eigenvalue weighted by molar-refractivity contribution is 7.16. The van der Waals surface area contributed by atoms with Crippen LogP contribution in [-0.2, 0) is 4.43 Å². The third kappa shape index (κ3) is 2.86. The minimum absolute atomic E-state index is 0.269. The number of thiazole rings is 1. The molecule has 0 aliphatic heterocycles. The molecule has 0 radical (unpaired) electrons. The summed E-state index contributed by atoms with van der Waals surface area (Å²) in [5.41, 5.74) is 4.23. The number of hydrogen-bond acceptors (Lipinski definition) is 3. The van der Waals surface area contributed by atoms with Gasteiger partial charge in [-0.1, -0.05) is 32.4 Å². The Morgan fingerprint density at radius 2 is 1.95 bits per heavy atom. The molecule has 1 heterocycles. The maximum absolute atomic E-state index is 6.50. The summed E-state index contributed by atoms with van der Waals surface area (Å²) in [6, 6.07) is 4.08. The van der Waals surface area contributed by atoms with Gasteiger partial charge in [-0.2, -0.15) is 0 Å². The minimum Gasteiger partial charge on any atom is -0.414 e. The third-order valence-electron chi connectivity index (χ3n) is 5.26. The Balaban J connectivity index is 1.73. The van der Waals surface area contributed by atoms with Crippen molar-refractivity contribution in [1.82, 2.24) is 4.98 Å². The van der Waals surface area contributed by atoms with Crippen LogP contribution in [0.3, 0.4) is 0 Å². The molecule has 0 spiro atoms. The predicted molar refractivity (Wildman–Crippen MR) is 98.7 cm³/mol. The molecule has 22 heavy (non-hydrogen) atoms. The first-order valence-corrected chi connectivity index (χ1v) is 12.0. The molecule has 5 heteroatoms. The maximum atomic E-state index is 6.50. The summed E-state index contributed by atoms with van der Waals surface area (Å²) >= 11 is 8.14. The van der Waals surface area contributed by atoms with E-state index >= 15 is 0 Å². The van der Waals surface area contributed by atoms with Gasteiger partial charge in [0.2, 0.25) is 0 Å². The summed E-state index contributed by atoms with van der Waals surface area (Å²) < 4.78 is 7.73. The van der Waals surface area contributed by atoms with Crippen molar-refractivity contribution in [2.75, 3.05) is 0 Å². The number of fused-ring (bicyclic) bond motifs is 1. The zero-order valence-corrected chi connectivity index (χ0v) is 16.5. The summed E-state index contributed by atoms with van der Waals surface area (Å²) in [4.78, 5) is 4.52. The van der Waals surface area contributed by atoms with Crippen LogP contribution in [0.15, 0.2) is 17.6 Å². The maximum Gasteiger partial charge on any atom is 0.192 e. The van der Waals surface area contributed by atoms with Crippen LogP contribution in [0.4, 0.5) is 0 Å². The van der Waals surface area contributed by atoms with E-state index in [1.54, 1.807) is 11.3 Å². The van der Waals surface area contributed by atoms with Crippen molar-refractivity contribution in [2.24, 2.45) is 0 Å². The van der Waals surface area contributed by atoms with Gasteiger partial charge in [0.25, 0.3) is 0 Å². The largest absolute Gasteiger partial charge is 0.414 e. The van der Waals surface area contributed by atoms with Crippen LogP contribution < -0.4 is 0 Å². The quantitative estimate of drug-likeness (QED) is 0.611. The number of hydrogen-bond donors (Lipinski definition) is 0. The summed E-state index contributed by atoms with van der Waals surface area (Å²) in [5, 5.41) is 1.12. The second-order valence-corrected chi connectivity index (χ2v) is 13.9. The number of halogens is 1. The summed E-state index contributed by atoms with van der Waals surface area (Å²) in [5.74, 6) is 0.494. The zero-order chi connectivity index (χ0) is 16.1. The topological polar surface area (TPSA) is 22.1 Å². The van der Waals surface area contributed by atoms with Crippen LogP contribution in [0.1, 0.15) is 45.1 Å². The lowest BCUT2D eigenvalue weighted by atomic mass is 9.77. The van der Waals surface area contributed by atoms with E-state index in [0.717, 1.165) is 23.4 Å². The van der Waals surface area contributed by atoms with Gasteiger partial charge in [-0.3, -0.25) is 0 Å². The van der Waals surface area contributed by atoms with Crippen LogP contribution in [-0.4, -0.2) is 19.4 Å². The molecule has 1 aromatic heterocycles. The molecule has 0 bridgehead atoms. The molecule has 0 N–H and O–H groups in total. The van der Waals surface area contributed by atoms with Crippen molar-refractivity contribution in [2.45, 2.75) is 63.8 Å². The van der Waals surface area contributed by atoms with Gasteiger partial charge in [0.05, 0.1) is 15.7 Å². The Bertz CT molecular complexity index is 686. The molecule has 0 atom stereocenters. The standard InChI is InChI=1S/C17H24ClNOSSi/c1-17(2,3)22(4,5)20-12-8-11(9-12)15-13(18)6-7-14-16(15)19-10-21-14/h6-7,10-12H,8-9H2,1-5H3. The second-order valence-electron chi connectivity index (χ2n) is 7.83. The molecule has 3 rings (SSSR count). The molecule has 2 nitrogen and oxygen atoms in total. The molecule has 1 aliphatic rings. The van der Waals surface area contributed by atoms with Crippen LogP contribution >= 0.6 is 22.9 Å². The highest BCUT2D eigenvalue weighted by Gasteiger charge is 2.43. The van der Waals surface area contributed by atoms with Gasteiger partial charge in [0.1, 0.15) is 0 Å². The molecule has 1 fully saturated rings. The van der Waals surface area contributed by atoms with Gasteiger partial charge in [-0.15, -0.1) is 11.3 Å². The minimum atomic E-state index is -1.67. The number of benzene rings is 1. The molecular weight excluding hydrogens is 330 g/mol. The lowest BCUT2D eigenvalue weighted by molar-refractivity contribution is 0.0846. The highest BCUT2D eigenvalue weighted by atomic mass is 35.5. The normalized spacial score (nSPS) is 22.8. The summed E-state index contributed by atoms with van der Waals surface area (Å²) in [6.45, 7) is 11.5. The molecule has 120 valence electrons. The van der Waals surface area contributed by atoms with Crippen LogP contribution in [0.25, 0.3) is 10.2 Å². The molecule has 1 aliphatic carbocycles. The van der Waals surface area contributed by atoms with Crippen molar-refractivity contribution in [3.8, 4) is 0 Å². The molecule has 2 aromatic rings. The molecule has 0 unspecified atom stereocenters. The molecule has 0 saturated heterocycles. The molecular formula is C17H24ClNOSSi. The SMILES string of the molecule is CC(C)(C)[Si](C)(C)OC1CC(c2c(Cl)ccc3scnc23)C1. The first-order chi connectivity index (χ1) is 10.2. The fraction of sp³-hybridized carbons (Fsp3) is 0.588. The summed E-state index contributed by atoms with van der Waals surface area (Å²) in [6.07, 6.45) is 2.53. The first-order valence-electron chi connectivity index (χ1n) is 7.88. The fourth-order valence-electron chi connectivity index (χ4n) is 2.81. The van der Waals surface area contributed by atoms with Gasteiger partial charge in [0.15, 0.2) is 8.32 Å². The van der Waals surface area contributed by atoms with Crippen molar-refractivity contribution < 1.29 is 4.43 Å². The van der Waals surface area contributed by atoms with E-state index in [-0.39, 0.29) is 5.04 Å². The van der Waals surface area contributed by atoms with Crippen molar-refractivity contribution >= 4 is 41.5 Å². The molecule has 0 amide bonds. The van der Waals surface area contributed by atoms with Crippen molar-refractivity contribution in [1.29, 1.82) is 0 Å². The van der Waals surface area contributed by atoms with Crippen LogP contribution in [0.2, 0.25) is 23.2 Å². The fourth-order valence-corrected chi connectivity index (χ4v) is 5.19. The zero-order valence-electron chi connectivity index (χ0n) is 13.9. The number of aromatic nitrogens is 1. The van der Waals surface area contributed by atoms with E-state index in [4.69, 9.17) is 16.0 Å². The monoisotopic (exact) mass is 353 g/mol. The Kier molecular flexibility index (Phi) is 4.17. The highest BCUT2D eigenvalue weighted by Crippen LogP contribution is 2.47. The Morgan fingerprint density at radius 3 is 2.59 bits per heavy atom. The van der Waals surface area contributed by atoms with Crippen molar-refractivity contribution in [3.63, 3.8) is 0 Å². The predicted octanol–water partition coefficient (Wildman–Crippen LogP) is 6.22. The van der Waals surface area contributed by atoms with Crippen molar-refractivity contribution in [3.05, 3.63) is 28.2 Å². The Hall–Kier alpha value is -0.423. The molecule has 1 saturated carbocycles. The second kappa shape index (κ2) is 5.59. The van der Waals surface area contributed by atoms with Gasteiger partial charge in [-0.25, -0.2) is 4.98 Å². The molecule has 1 aromatic carbocycles. The Labute approximate surface area is 143 Å². The van der Waals surface area contributed by atoms with Crippen LogP contribution in [0, 0.1) is 0 Å². The van der Waals surface area contributed by atoms with E-state index in [2.05, 4.69) is 44.9 Å². The Morgan fingerprint density at radius 1 is 1.27 bits per heavy atom. The smallest absolute Gasteiger partial charge is 0.192 e. The first kappa shape index (κ1) is 16.4. The van der Waals surface area contributed by atoms with E-state index in [1.165, 1.54) is 10.3 Å². The van der Waals surface area contributed by atoms with Gasteiger partial charge in [-0.05, 0) is 49.0 Å². The van der Waals surface area contributed by atoms with Gasteiger partial charge in [0, 0.05) is 16.7 Å². The lowest BCUT2D eigenvalue weighted by Crippen LogP contribution is -2.47. The van der Waals surface area contributed by atoms with E-state index in [0.29, 0.717) is 12.0 Å². The van der Waals surface area contributed by atoms with E-state index in [1.807, 2.05) is 11.6 Å². The average Bonchev–Trinajstić information content (AvgIpc) is 2.81. The van der Waals surface area contributed by atoms with Gasteiger partial charge >= 0.3 is 0 Å². The average molecular weight is 354 g/mol. The van der Waals surface area contributed by atoms with E-state index in [9.17, 15) is 0 Å². The number of rotatable bonds is 3. The number of nitrogens with zero attached hydrogens (tertiary/aromatic N) is 1. The van der Waals surface area contributed by atoms with Crippen LogP contribution in [0.5, 0.6) is 0 Å². The lowest BCUT2D eigenvalue weighted by Gasteiger charge is -2.45. The van der Waals surface area contributed by atoms with E-state index < -0.39 is 8.32 Å². The summed E-state index contributed by atoms with van der Waals surface area (Å²) in [7, 11) is -1.67. The third-order valence-corrected chi connectivity index (χ3v) is 10.9. The van der Waals surface area contributed by atoms with Gasteiger partial charge < -0.3 is 4.43 Å².